The third-order valence-electron chi connectivity index (χ3n) is 5.34. The lowest BCUT2D eigenvalue weighted by molar-refractivity contribution is -0.163. The zero-order valence-electron chi connectivity index (χ0n) is 14.9. The second-order valence-electron chi connectivity index (χ2n) is 7.15. The van der Waals surface area contributed by atoms with Crippen LogP contribution in [0.5, 0.6) is 0 Å². The second kappa shape index (κ2) is 7.85. The molecule has 0 spiro atoms. The summed E-state index contributed by atoms with van der Waals surface area (Å²) in [5, 5.41) is 31.8. The van der Waals surface area contributed by atoms with Crippen molar-refractivity contribution >= 4 is 23.6 Å². The molecule has 3 rings (SSSR count). The molecule has 2 fully saturated rings. The number of thioether (sulfide) groups is 1. The van der Waals surface area contributed by atoms with Crippen molar-refractivity contribution in [2.24, 2.45) is 11.8 Å². The molecule has 0 bridgehead atoms. The SMILES string of the molecule is C[C@@H](O)[C@H]1C(=O)N2C(C(=O)O)=C(S[C@@H]3CN[C@H](COCCO)C3)[C@H](C)[C@H]12. The van der Waals surface area contributed by atoms with Gasteiger partial charge in [0.05, 0.1) is 37.9 Å². The zero-order valence-corrected chi connectivity index (χ0v) is 15.7. The van der Waals surface area contributed by atoms with Gasteiger partial charge in [0, 0.05) is 28.7 Å². The fourth-order valence-corrected chi connectivity index (χ4v) is 5.67. The number of nitrogens with zero attached hydrogens (tertiary/aromatic N) is 1. The standard InChI is InChI=1S/C17H26N2O6S/c1-8-13-12(9(2)21)16(22)19(13)14(17(23)24)15(8)26-11-5-10(18-6-11)7-25-4-3-20/h8-13,18,20-21H,3-7H2,1-2H3,(H,23,24)/t8-,9-,10+,11+,12-,13-/m1/s1. The van der Waals surface area contributed by atoms with Crippen LogP contribution in [0.2, 0.25) is 0 Å². The van der Waals surface area contributed by atoms with Gasteiger partial charge in [0.25, 0.3) is 0 Å². The molecule has 8 nitrogen and oxygen atoms in total. The largest absolute Gasteiger partial charge is 0.477 e. The molecular formula is C17H26N2O6S. The second-order valence-corrected chi connectivity index (χ2v) is 8.49. The van der Waals surface area contributed by atoms with E-state index in [0.29, 0.717) is 13.2 Å². The van der Waals surface area contributed by atoms with Gasteiger partial charge in [-0.2, -0.15) is 0 Å². The first kappa shape index (κ1) is 19.6. The number of carbonyl (C=O) groups excluding carboxylic acids is 1. The summed E-state index contributed by atoms with van der Waals surface area (Å²) < 4.78 is 5.36. The summed E-state index contributed by atoms with van der Waals surface area (Å²) in [5.74, 6) is -2.02. The lowest BCUT2D eigenvalue weighted by Crippen LogP contribution is -2.63. The van der Waals surface area contributed by atoms with E-state index in [-0.39, 0.29) is 41.5 Å². The number of fused-ring (bicyclic) bond motifs is 1. The highest BCUT2D eigenvalue weighted by Gasteiger charge is 2.60. The molecule has 0 aliphatic carbocycles. The van der Waals surface area contributed by atoms with Gasteiger partial charge >= 0.3 is 5.97 Å². The Morgan fingerprint density at radius 3 is 2.85 bits per heavy atom. The van der Waals surface area contributed by atoms with Gasteiger partial charge in [0.1, 0.15) is 5.70 Å². The van der Waals surface area contributed by atoms with E-state index < -0.39 is 18.0 Å². The van der Waals surface area contributed by atoms with Crippen molar-refractivity contribution in [2.45, 2.75) is 43.7 Å². The Kier molecular flexibility index (Phi) is 5.93. The van der Waals surface area contributed by atoms with E-state index >= 15 is 0 Å². The molecule has 0 radical (unpaired) electrons. The molecule has 0 unspecified atom stereocenters. The van der Waals surface area contributed by atoms with Crippen LogP contribution < -0.4 is 5.32 Å². The normalized spacial score (nSPS) is 34.8. The van der Waals surface area contributed by atoms with Gasteiger partial charge in [-0.25, -0.2) is 4.79 Å². The summed E-state index contributed by atoms with van der Waals surface area (Å²) in [6.07, 6.45) is 0.0456. The van der Waals surface area contributed by atoms with Crippen LogP contribution in [0.25, 0.3) is 0 Å². The van der Waals surface area contributed by atoms with E-state index in [1.165, 1.54) is 16.7 Å². The number of carboxylic acids is 1. The van der Waals surface area contributed by atoms with Crippen LogP contribution in [-0.4, -0.2) is 81.9 Å². The maximum Gasteiger partial charge on any atom is 0.353 e. The van der Waals surface area contributed by atoms with Crippen molar-refractivity contribution in [2.75, 3.05) is 26.4 Å². The van der Waals surface area contributed by atoms with Crippen molar-refractivity contribution in [3.05, 3.63) is 10.6 Å². The molecular weight excluding hydrogens is 360 g/mol. The Balaban J connectivity index is 1.69. The predicted octanol–water partition coefficient (Wildman–Crippen LogP) is -0.387. The van der Waals surface area contributed by atoms with E-state index in [4.69, 9.17) is 9.84 Å². The number of amides is 1. The predicted molar refractivity (Wildman–Crippen MR) is 95.3 cm³/mol. The molecule has 26 heavy (non-hydrogen) atoms. The average molecular weight is 386 g/mol. The van der Waals surface area contributed by atoms with Crippen LogP contribution in [0.15, 0.2) is 10.6 Å². The number of hydrogen-bond donors (Lipinski definition) is 4. The number of aliphatic hydroxyl groups is 2. The van der Waals surface area contributed by atoms with Crippen LogP contribution in [-0.2, 0) is 14.3 Å². The average Bonchev–Trinajstić information content (AvgIpc) is 3.10. The number of carbonyl (C=O) groups is 2. The monoisotopic (exact) mass is 386 g/mol. The first-order valence-corrected chi connectivity index (χ1v) is 9.82. The Hall–Kier alpha value is -1.13. The summed E-state index contributed by atoms with van der Waals surface area (Å²) >= 11 is 1.52. The van der Waals surface area contributed by atoms with E-state index in [9.17, 15) is 19.8 Å². The summed E-state index contributed by atoms with van der Waals surface area (Å²) in [4.78, 5) is 26.2. The third-order valence-corrected chi connectivity index (χ3v) is 6.85. The maximum absolute atomic E-state index is 12.3. The molecule has 3 heterocycles. The summed E-state index contributed by atoms with van der Waals surface area (Å²) in [7, 11) is 0. The van der Waals surface area contributed by atoms with Crippen molar-refractivity contribution in [3.63, 3.8) is 0 Å². The maximum atomic E-state index is 12.3. The van der Waals surface area contributed by atoms with Crippen LogP contribution in [0, 0.1) is 11.8 Å². The lowest BCUT2D eigenvalue weighted by Gasteiger charge is -2.46. The molecule has 0 aromatic heterocycles. The number of hydrogen-bond acceptors (Lipinski definition) is 7. The first-order chi connectivity index (χ1) is 12.4. The topological polar surface area (TPSA) is 119 Å². The highest BCUT2D eigenvalue weighted by Crippen LogP contribution is 2.51. The molecule has 9 heteroatoms. The third kappa shape index (κ3) is 3.38. The first-order valence-electron chi connectivity index (χ1n) is 8.94. The van der Waals surface area contributed by atoms with Gasteiger partial charge in [0.2, 0.25) is 5.91 Å². The minimum atomic E-state index is -1.09. The fourth-order valence-electron chi connectivity index (χ4n) is 4.15. The quantitative estimate of drug-likeness (QED) is 0.329. The molecule has 146 valence electrons. The van der Waals surface area contributed by atoms with Crippen molar-refractivity contribution in [1.29, 1.82) is 0 Å². The van der Waals surface area contributed by atoms with E-state index in [1.54, 1.807) is 6.92 Å². The number of carboxylic acid groups (broad SMARTS) is 1. The van der Waals surface area contributed by atoms with Crippen molar-refractivity contribution in [3.8, 4) is 0 Å². The van der Waals surface area contributed by atoms with Gasteiger partial charge < -0.3 is 30.3 Å². The van der Waals surface area contributed by atoms with E-state index in [0.717, 1.165) is 17.9 Å². The van der Waals surface area contributed by atoms with Crippen LogP contribution in [0.3, 0.4) is 0 Å². The van der Waals surface area contributed by atoms with Crippen LogP contribution in [0.4, 0.5) is 0 Å². The smallest absolute Gasteiger partial charge is 0.353 e. The molecule has 1 amide bonds. The Morgan fingerprint density at radius 1 is 1.50 bits per heavy atom. The molecule has 0 saturated carbocycles. The molecule has 3 aliphatic rings. The number of ether oxygens (including phenoxy) is 1. The van der Waals surface area contributed by atoms with E-state index in [2.05, 4.69) is 5.32 Å². The van der Waals surface area contributed by atoms with Crippen LogP contribution >= 0.6 is 11.8 Å². The van der Waals surface area contributed by atoms with Crippen molar-refractivity contribution in [1.82, 2.24) is 10.2 Å². The van der Waals surface area contributed by atoms with Gasteiger partial charge in [-0.1, -0.05) is 6.92 Å². The Labute approximate surface area is 156 Å². The number of aliphatic hydroxyl groups excluding tert-OH is 2. The summed E-state index contributed by atoms with van der Waals surface area (Å²) in [6.45, 7) is 5.06. The van der Waals surface area contributed by atoms with Gasteiger partial charge in [-0.3, -0.25) is 4.79 Å². The minimum Gasteiger partial charge on any atom is -0.477 e. The fraction of sp³-hybridized carbons (Fsp3) is 0.765. The molecule has 0 aromatic carbocycles. The van der Waals surface area contributed by atoms with E-state index in [1.807, 2.05) is 6.92 Å². The molecule has 3 aliphatic heterocycles. The Bertz CT molecular complexity index is 610. The lowest BCUT2D eigenvalue weighted by atomic mass is 9.79. The Morgan fingerprint density at radius 2 is 2.23 bits per heavy atom. The number of rotatable bonds is 8. The van der Waals surface area contributed by atoms with Gasteiger partial charge in [0.15, 0.2) is 0 Å². The van der Waals surface area contributed by atoms with Crippen LogP contribution in [0.1, 0.15) is 20.3 Å². The van der Waals surface area contributed by atoms with Gasteiger partial charge in [-0.05, 0) is 13.3 Å². The number of aliphatic carboxylic acids is 1. The van der Waals surface area contributed by atoms with Gasteiger partial charge in [-0.15, -0.1) is 11.8 Å². The number of nitrogens with one attached hydrogen (secondary N) is 1. The molecule has 6 atom stereocenters. The minimum absolute atomic E-state index is 0.00698. The molecule has 4 N–H and O–H groups in total. The summed E-state index contributed by atoms with van der Waals surface area (Å²) in [6, 6.07) is -0.0948. The van der Waals surface area contributed by atoms with Crippen molar-refractivity contribution < 1.29 is 29.6 Å². The molecule has 0 aromatic rings. The molecule has 2 saturated heterocycles. The summed E-state index contributed by atoms with van der Waals surface area (Å²) in [5.41, 5.74) is 0.0781. The highest BCUT2D eigenvalue weighted by molar-refractivity contribution is 8.03. The highest BCUT2D eigenvalue weighted by atomic mass is 32.2. The zero-order chi connectivity index (χ0) is 19.0. The number of β-lactam (4-membered cyclic amide) rings is 1.